The van der Waals surface area contributed by atoms with E-state index in [1.807, 2.05) is 25.1 Å². The van der Waals surface area contributed by atoms with Crippen LogP contribution < -0.4 is 11.5 Å². The number of carbonyl (C=O) groups is 2. The molecule has 0 saturated heterocycles. The van der Waals surface area contributed by atoms with Crippen molar-refractivity contribution in [3.63, 3.8) is 0 Å². The number of amides is 2. The molecule has 5 heteroatoms. The van der Waals surface area contributed by atoms with E-state index < -0.39 is 5.91 Å². The van der Waals surface area contributed by atoms with Gasteiger partial charge in [-0.3, -0.25) is 9.59 Å². The quantitative estimate of drug-likeness (QED) is 0.740. The average molecular weight is 277 g/mol. The van der Waals surface area contributed by atoms with Gasteiger partial charge in [0.15, 0.2) is 0 Å². The van der Waals surface area contributed by atoms with E-state index in [2.05, 4.69) is 0 Å². The van der Waals surface area contributed by atoms with E-state index in [1.54, 1.807) is 6.07 Å². The van der Waals surface area contributed by atoms with Gasteiger partial charge in [-0.1, -0.05) is 25.5 Å². The molecule has 0 radical (unpaired) electrons. The average Bonchev–Trinajstić information content (AvgIpc) is 2.43. The third kappa shape index (κ3) is 5.01. The summed E-state index contributed by atoms with van der Waals surface area (Å²) in [6, 6.07) is 7.35. The van der Waals surface area contributed by atoms with E-state index in [0.29, 0.717) is 18.7 Å². The van der Waals surface area contributed by atoms with Crippen LogP contribution in [0.1, 0.15) is 35.7 Å². The van der Waals surface area contributed by atoms with Crippen molar-refractivity contribution < 1.29 is 9.59 Å². The van der Waals surface area contributed by atoms with Crippen molar-refractivity contribution in [2.75, 3.05) is 19.6 Å². The Kier molecular flexibility index (Phi) is 6.73. The van der Waals surface area contributed by atoms with Crippen LogP contribution in [0.25, 0.3) is 0 Å². The lowest BCUT2D eigenvalue weighted by Gasteiger charge is -2.21. The SMILES string of the molecule is CCCCN(CC(N)=O)C(=O)c1cccc(CCN)c1. The molecule has 0 spiro atoms. The van der Waals surface area contributed by atoms with Gasteiger partial charge in [-0.25, -0.2) is 0 Å². The summed E-state index contributed by atoms with van der Waals surface area (Å²) >= 11 is 0. The van der Waals surface area contributed by atoms with Gasteiger partial charge in [-0.15, -0.1) is 0 Å². The maximum atomic E-state index is 12.4. The van der Waals surface area contributed by atoms with Gasteiger partial charge >= 0.3 is 0 Å². The highest BCUT2D eigenvalue weighted by atomic mass is 16.2. The van der Waals surface area contributed by atoms with Gasteiger partial charge < -0.3 is 16.4 Å². The predicted molar refractivity (Wildman–Crippen MR) is 79.2 cm³/mol. The van der Waals surface area contributed by atoms with Crippen LogP contribution >= 0.6 is 0 Å². The molecular formula is C15H23N3O2. The standard InChI is InChI=1S/C15H23N3O2/c1-2-3-9-18(11-14(17)19)15(20)13-6-4-5-12(10-13)7-8-16/h4-6,10H,2-3,7-9,11,16H2,1H3,(H2,17,19). The molecule has 2 amide bonds. The highest BCUT2D eigenvalue weighted by molar-refractivity contribution is 5.96. The van der Waals surface area contributed by atoms with Crippen molar-refractivity contribution in [3.05, 3.63) is 35.4 Å². The monoisotopic (exact) mass is 277 g/mol. The number of carbonyl (C=O) groups excluding carboxylic acids is 2. The van der Waals surface area contributed by atoms with Crippen molar-refractivity contribution >= 4 is 11.8 Å². The maximum absolute atomic E-state index is 12.4. The van der Waals surface area contributed by atoms with Crippen LogP contribution in [0.5, 0.6) is 0 Å². The number of nitrogens with two attached hydrogens (primary N) is 2. The number of hydrogen-bond acceptors (Lipinski definition) is 3. The van der Waals surface area contributed by atoms with Crippen LogP contribution in [0.15, 0.2) is 24.3 Å². The molecule has 1 rings (SSSR count). The summed E-state index contributed by atoms with van der Waals surface area (Å²) < 4.78 is 0. The number of hydrogen-bond donors (Lipinski definition) is 2. The smallest absolute Gasteiger partial charge is 0.254 e. The van der Waals surface area contributed by atoms with Gasteiger partial charge in [0, 0.05) is 12.1 Å². The molecule has 0 aliphatic rings. The first-order valence-electron chi connectivity index (χ1n) is 6.95. The summed E-state index contributed by atoms with van der Waals surface area (Å²) in [7, 11) is 0. The van der Waals surface area contributed by atoms with E-state index in [9.17, 15) is 9.59 Å². The van der Waals surface area contributed by atoms with Crippen molar-refractivity contribution in [1.29, 1.82) is 0 Å². The maximum Gasteiger partial charge on any atom is 0.254 e. The first-order chi connectivity index (χ1) is 9.58. The normalized spacial score (nSPS) is 10.3. The molecule has 1 aromatic carbocycles. The highest BCUT2D eigenvalue weighted by Gasteiger charge is 2.17. The van der Waals surface area contributed by atoms with Crippen molar-refractivity contribution in [1.82, 2.24) is 4.90 Å². The summed E-state index contributed by atoms with van der Waals surface area (Å²) in [6.45, 7) is 3.08. The van der Waals surface area contributed by atoms with Crippen LogP contribution in [0, 0.1) is 0 Å². The van der Waals surface area contributed by atoms with Crippen LogP contribution in [0.2, 0.25) is 0 Å². The number of nitrogens with zero attached hydrogens (tertiary/aromatic N) is 1. The third-order valence-electron chi connectivity index (χ3n) is 3.02. The lowest BCUT2D eigenvalue weighted by atomic mass is 10.1. The van der Waals surface area contributed by atoms with Crippen LogP contribution in [-0.4, -0.2) is 36.3 Å². The number of rotatable bonds is 8. The topological polar surface area (TPSA) is 89.4 Å². The molecule has 0 aliphatic heterocycles. The second-order valence-corrected chi connectivity index (χ2v) is 4.79. The molecule has 4 N–H and O–H groups in total. The molecule has 0 fully saturated rings. The zero-order valence-corrected chi connectivity index (χ0v) is 12.0. The Hall–Kier alpha value is -1.88. The second kappa shape index (κ2) is 8.32. The molecule has 0 bridgehead atoms. The largest absolute Gasteiger partial charge is 0.368 e. The predicted octanol–water partition coefficient (Wildman–Crippen LogP) is 0.915. The van der Waals surface area contributed by atoms with E-state index in [1.165, 1.54) is 4.90 Å². The van der Waals surface area contributed by atoms with Crippen molar-refractivity contribution in [3.8, 4) is 0 Å². The van der Waals surface area contributed by atoms with Crippen molar-refractivity contribution in [2.45, 2.75) is 26.2 Å². The van der Waals surface area contributed by atoms with E-state index in [-0.39, 0.29) is 12.5 Å². The third-order valence-corrected chi connectivity index (χ3v) is 3.02. The fourth-order valence-electron chi connectivity index (χ4n) is 2.00. The van der Waals surface area contributed by atoms with Gasteiger partial charge in [-0.05, 0) is 37.1 Å². The molecule has 0 aliphatic carbocycles. The Morgan fingerprint density at radius 2 is 2.05 bits per heavy atom. The second-order valence-electron chi connectivity index (χ2n) is 4.79. The van der Waals surface area contributed by atoms with Crippen LogP contribution in [-0.2, 0) is 11.2 Å². The summed E-state index contributed by atoms with van der Waals surface area (Å²) in [5.74, 6) is -0.649. The number of benzene rings is 1. The van der Waals surface area contributed by atoms with Crippen LogP contribution in [0.3, 0.4) is 0 Å². The molecule has 0 heterocycles. The van der Waals surface area contributed by atoms with E-state index in [4.69, 9.17) is 11.5 Å². The lowest BCUT2D eigenvalue weighted by Crippen LogP contribution is -2.39. The summed E-state index contributed by atoms with van der Waals surface area (Å²) in [4.78, 5) is 25.0. The molecular weight excluding hydrogens is 254 g/mol. The summed E-state index contributed by atoms with van der Waals surface area (Å²) in [5.41, 5.74) is 12.3. The Morgan fingerprint density at radius 3 is 2.65 bits per heavy atom. The Labute approximate surface area is 119 Å². The minimum atomic E-state index is -0.493. The Bertz CT molecular complexity index is 460. The minimum Gasteiger partial charge on any atom is -0.368 e. The lowest BCUT2D eigenvalue weighted by molar-refractivity contribution is -0.118. The molecule has 1 aromatic rings. The number of unbranched alkanes of at least 4 members (excludes halogenated alkanes) is 1. The fourth-order valence-corrected chi connectivity index (χ4v) is 2.00. The Balaban J connectivity index is 2.86. The molecule has 0 aromatic heterocycles. The molecule has 5 nitrogen and oxygen atoms in total. The van der Waals surface area contributed by atoms with Crippen LogP contribution in [0.4, 0.5) is 0 Å². The molecule has 20 heavy (non-hydrogen) atoms. The van der Waals surface area contributed by atoms with Gasteiger partial charge in [-0.2, -0.15) is 0 Å². The first-order valence-corrected chi connectivity index (χ1v) is 6.95. The summed E-state index contributed by atoms with van der Waals surface area (Å²) in [5, 5.41) is 0. The van der Waals surface area contributed by atoms with E-state index >= 15 is 0 Å². The number of primary amides is 1. The molecule has 0 atom stereocenters. The minimum absolute atomic E-state index is 0.0417. The molecule has 110 valence electrons. The summed E-state index contributed by atoms with van der Waals surface area (Å²) in [6.07, 6.45) is 2.53. The highest BCUT2D eigenvalue weighted by Crippen LogP contribution is 2.10. The first kappa shape index (κ1) is 16.2. The van der Waals surface area contributed by atoms with Gasteiger partial charge in [0.1, 0.15) is 0 Å². The van der Waals surface area contributed by atoms with Gasteiger partial charge in [0.2, 0.25) is 5.91 Å². The van der Waals surface area contributed by atoms with E-state index in [0.717, 1.165) is 24.8 Å². The van der Waals surface area contributed by atoms with Gasteiger partial charge in [0.25, 0.3) is 5.91 Å². The zero-order valence-electron chi connectivity index (χ0n) is 12.0. The molecule has 0 unspecified atom stereocenters. The van der Waals surface area contributed by atoms with Gasteiger partial charge in [0.05, 0.1) is 6.54 Å². The fraction of sp³-hybridized carbons (Fsp3) is 0.467. The van der Waals surface area contributed by atoms with Crippen molar-refractivity contribution in [2.24, 2.45) is 11.5 Å². The Morgan fingerprint density at radius 1 is 1.30 bits per heavy atom. The zero-order chi connectivity index (χ0) is 15.0. The molecule has 0 saturated carbocycles.